The van der Waals surface area contributed by atoms with Crippen LogP contribution >= 0.6 is 24.0 Å². The van der Waals surface area contributed by atoms with E-state index in [0.717, 1.165) is 24.9 Å². The second-order valence-corrected chi connectivity index (χ2v) is 6.31. The van der Waals surface area contributed by atoms with Gasteiger partial charge in [-0.3, -0.25) is 9.58 Å². The summed E-state index contributed by atoms with van der Waals surface area (Å²) in [4.78, 5) is 11.4. The fraction of sp³-hybridized carbons (Fsp3) is 0.812. The average molecular weight is 449 g/mol. The Labute approximate surface area is 162 Å². The summed E-state index contributed by atoms with van der Waals surface area (Å²) in [5, 5.41) is 10.8. The van der Waals surface area contributed by atoms with Crippen LogP contribution < -0.4 is 10.6 Å². The van der Waals surface area contributed by atoms with Crippen molar-refractivity contribution in [1.29, 1.82) is 0 Å². The molecule has 0 radical (unpaired) electrons. The molecule has 0 spiro atoms. The first-order valence-corrected chi connectivity index (χ1v) is 8.72. The van der Waals surface area contributed by atoms with E-state index in [1.807, 2.05) is 7.05 Å². The minimum Gasteiger partial charge on any atom is -0.357 e. The van der Waals surface area contributed by atoms with Crippen molar-refractivity contribution in [1.82, 2.24) is 30.3 Å². The Kier molecular flexibility index (Phi) is 9.57. The van der Waals surface area contributed by atoms with E-state index < -0.39 is 0 Å². The number of aliphatic imine (C=N–C) groups is 1. The molecule has 2 unspecified atom stereocenters. The van der Waals surface area contributed by atoms with E-state index in [0.29, 0.717) is 18.6 Å². The van der Waals surface area contributed by atoms with E-state index in [4.69, 9.17) is 0 Å². The summed E-state index contributed by atoms with van der Waals surface area (Å²) in [7, 11) is 1.89. The number of likely N-dealkylation sites (tertiary alicyclic amines) is 1. The van der Waals surface area contributed by atoms with Crippen LogP contribution in [0.4, 0.5) is 0 Å². The van der Waals surface area contributed by atoms with Gasteiger partial charge in [-0.2, -0.15) is 5.10 Å². The number of nitrogens with one attached hydrogen (secondary N) is 2. The second kappa shape index (κ2) is 10.9. The molecule has 2 N–H and O–H groups in total. The highest BCUT2D eigenvalue weighted by Crippen LogP contribution is 2.18. The largest absolute Gasteiger partial charge is 0.357 e. The van der Waals surface area contributed by atoms with Crippen LogP contribution in [-0.4, -0.2) is 57.3 Å². The number of nitrogens with zero attached hydrogens (tertiary/aromatic N) is 5. The van der Waals surface area contributed by atoms with Crippen molar-refractivity contribution in [3.8, 4) is 0 Å². The molecule has 1 aliphatic heterocycles. The summed E-state index contributed by atoms with van der Waals surface area (Å²) in [6, 6.07) is 1.18. The van der Waals surface area contributed by atoms with Crippen LogP contribution in [0, 0.1) is 0 Å². The van der Waals surface area contributed by atoms with Gasteiger partial charge in [0.2, 0.25) is 0 Å². The molecule has 0 aromatic carbocycles. The summed E-state index contributed by atoms with van der Waals surface area (Å²) in [6.45, 7) is 10.2. The summed E-state index contributed by atoms with van der Waals surface area (Å²) in [6.07, 6.45) is 5.55. The molecule has 24 heavy (non-hydrogen) atoms. The average Bonchev–Trinajstić information content (AvgIpc) is 2.95. The fourth-order valence-corrected chi connectivity index (χ4v) is 3.09. The van der Waals surface area contributed by atoms with Crippen LogP contribution in [0.15, 0.2) is 11.3 Å². The van der Waals surface area contributed by atoms with Crippen molar-refractivity contribution in [2.45, 2.75) is 58.7 Å². The zero-order valence-corrected chi connectivity index (χ0v) is 17.7. The van der Waals surface area contributed by atoms with Crippen LogP contribution in [0.25, 0.3) is 0 Å². The van der Waals surface area contributed by atoms with Crippen LogP contribution in [-0.2, 0) is 13.6 Å². The topological polar surface area (TPSA) is 70.4 Å². The number of guanidine groups is 1. The van der Waals surface area contributed by atoms with Gasteiger partial charge in [-0.15, -0.1) is 24.0 Å². The standard InChI is InChI=1S/C16H31N7.HI/c1-5-17-16(19-11-15-20-12-21-22(15)4)18-10-14(3)23-9-7-6-8-13(23)2;/h12-14H,5-11H2,1-4H3,(H2,17,18,19);1H. The highest BCUT2D eigenvalue weighted by atomic mass is 127. The van der Waals surface area contributed by atoms with Gasteiger partial charge in [-0.1, -0.05) is 6.42 Å². The number of hydrogen-bond donors (Lipinski definition) is 2. The van der Waals surface area contributed by atoms with E-state index in [-0.39, 0.29) is 24.0 Å². The predicted molar refractivity (Wildman–Crippen MR) is 109 cm³/mol. The van der Waals surface area contributed by atoms with Crippen LogP contribution in [0.2, 0.25) is 0 Å². The maximum Gasteiger partial charge on any atom is 0.191 e. The molecule has 1 aromatic heterocycles. The minimum atomic E-state index is 0. The Hall–Kier alpha value is -0.900. The van der Waals surface area contributed by atoms with Crippen molar-refractivity contribution in [2.24, 2.45) is 12.0 Å². The SMILES string of the molecule is CCNC(=NCc1ncnn1C)NCC(C)N1CCCCC1C.I. The molecule has 8 heteroatoms. The van der Waals surface area contributed by atoms with Gasteiger partial charge in [-0.05, 0) is 40.2 Å². The Morgan fingerprint density at radius 2 is 2.21 bits per heavy atom. The number of piperidine rings is 1. The van der Waals surface area contributed by atoms with Gasteiger partial charge >= 0.3 is 0 Å². The van der Waals surface area contributed by atoms with E-state index in [9.17, 15) is 0 Å². The lowest BCUT2D eigenvalue weighted by atomic mass is 10.0. The van der Waals surface area contributed by atoms with Gasteiger partial charge in [0.15, 0.2) is 5.96 Å². The van der Waals surface area contributed by atoms with Crippen LogP contribution in [0.3, 0.4) is 0 Å². The monoisotopic (exact) mass is 449 g/mol. The van der Waals surface area contributed by atoms with Crippen molar-refractivity contribution in [2.75, 3.05) is 19.6 Å². The Morgan fingerprint density at radius 3 is 2.83 bits per heavy atom. The van der Waals surface area contributed by atoms with Gasteiger partial charge in [0.1, 0.15) is 18.7 Å². The van der Waals surface area contributed by atoms with E-state index >= 15 is 0 Å². The molecule has 0 aliphatic carbocycles. The molecular formula is C16H32IN7. The van der Waals surface area contributed by atoms with Gasteiger partial charge in [-0.25, -0.2) is 9.98 Å². The molecule has 7 nitrogen and oxygen atoms in total. The Morgan fingerprint density at radius 1 is 1.42 bits per heavy atom. The maximum atomic E-state index is 4.61. The summed E-state index contributed by atoms with van der Waals surface area (Å²) in [5.74, 6) is 1.70. The normalized spacial score (nSPS) is 20.3. The molecule has 2 heterocycles. The lowest BCUT2D eigenvalue weighted by Crippen LogP contribution is -2.50. The number of aromatic nitrogens is 3. The van der Waals surface area contributed by atoms with E-state index in [1.165, 1.54) is 25.8 Å². The third-order valence-corrected chi connectivity index (χ3v) is 4.51. The number of halogens is 1. The molecule has 138 valence electrons. The van der Waals surface area contributed by atoms with E-state index in [1.54, 1.807) is 11.0 Å². The van der Waals surface area contributed by atoms with Gasteiger partial charge in [0, 0.05) is 32.2 Å². The van der Waals surface area contributed by atoms with Crippen molar-refractivity contribution >= 4 is 29.9 Å². The second-order valence-electron chi connectivity index (χ2n) is 6.31. The lowest BCUT2D eigenvalue weighted by Gasteiger charge is -2.38. The first kappa shape index (κ1) is 21.1. The molecule has 1 aliphatic rings. The zero-order valence-electron chi connectivity index (χ0n) is 15.3. The van der Waals surface area contributed by atoms with Gasteiger partial charge < -0.3 is 10.6 Å². The maximum absolute atomic E-state index is 4.61. The number of hydrogen-bond acceptors (Lipinski definition) is 4. The summed E-state index contributed by atoms with van der Waals surface area (Å²) in [5.41, 5.74) is 0. The molecule has 1 aromatic rings. The zero-order chi connectivity index (χ0) is 16.7. The molecule has 0 bridgehead atoms. The predicted octanol–water partition coefficient (Wildman–Crippen LogP) is 1.75. The molecule has 2 rings (SSSR count). The first-order chi connectivity index (χ1) is 11.1. The van der Waals surface area contributed by atoms with Gasteiger partial charge in [0.25, 0.3) is 0 Å². The van der Waals surface area contributed by atoms with E-state index in [2.05, 4.69) is 51.4 Å². The Bertz CT molecular complexity index is 502. The fourth-order valence-electron chi connectivity index (χ4n) is 3.09. The minimum absolute atomic E-state index is 0. The summed E-state index contributed by atoms with van der Waals surface area (Å²) >= 11 is 0. The number of aryl methyl sites for hydroxylation is 1. The molecule has 1 saturated heterocycles. The highest BCUT2D eigenvalue weighted by molar-refractivity contribution is 14.0. The summed E-state index contributed by atoms with van der Waals surface area (Å²) < 4.78 is 1.76. The third kappa shape index (κ3) is 6.19. The van der Waals surface area contributed by atoms with Crippen molar-refractivity contribution in [3.05, 3.63) is 12.2 Å². The lowest BCUT2D eigenvalue weighted by molar-refractivity contribution is 0.115. The molecule has 0 saturated carbocycles. The van der Waals surface area contributed by atoms with Crippen molar-refractivity contribution in [3.63, 3.8) is 0 Å². The quantitative estimate of drug-likeness (QED) is 0.394. The molecular weight excluding hydrogens is 417 g/mol. The third-order valence-electron chi connectivity index (χ3n) is 4.51. The molecule has 2 atom stereocenters. The van der Waals surface area contributed by atoms with Gasteiger partial charge in [0.05, 0.1) is 0 Å². The molecule has 0 amide bonds. The number of rotatable bonds is 6. The van der Waals surface area contributed by atoms with Crippen LogP contribution in [0.1, 0.15) is 45.9 Å². The van der Waals surface area contributed by atoms with Crippen LogP contribution in [0.5, 0.6) is 0 Å². The Balaban J connectivity index is 0.00000288. The molecule has 1 fully saturated rings. The first-order valence-electron chi connectivity index (χ1n) is 8.72. The smallest absolute Gasteiger partial charge is 0.191 e. The highest BCUT2D eigenvalue weighted by Gasteiger charge is 2.22. The van der Waals surface area contributed by atoms with Crippen molar-refractivity contribution < 1.29 is 0 Å².